The lowest BCUT2D eigenvalue weighted by atomic mass is 9.96. The Hall–Kier alpha value is -1.40. The van der Waals surface area contributed by atoms with E-state index in [0.717, 1.165) is 43.1 Å². The molecule has 1 fully saturated rings. The van der Waals surface area contributed by atoms with Crippen LogP contribution in [0.1, 0.15) is 55.8 Å². The van der Waals surface area contributed by atoms with Crippen molar-refractivity contribution >= 4 is 28.2 Å². The summed E-state index contributed by atoms with van der Waals surface area (Å²) in [5.41, 5.74) is 0.463. The Morgan fingerprint density at radius 3 is 2.50 bits per heavy atom. The molecule has 2 rings (SSSR count). The maximum atomic E-state index is 12.8. The second-order valence-corrected chi connectivity index (χ2v) is 8.33. The van der Waals surface area contributed by atoms with E-state index in [2.05, 4.69) is 5.32 Å². The van der Waals surface area contributed by atoms with Crippen molar-refractivity contribution in [3.05, 3.63) is 16.5 Å². The van der Waals surface area contributed by atoms with Crippen LogP contribution in [0.3, 0.4) is 0 Å². The topological polar surface area (TPSA) is 58.6 Å². The molecule has 6 heteroatoms. The summed E-state index contributed by atoms with van der Waals surface area (Å²) in [7, 11) is 0. The Labute approximate surface area is 148 Å². The van der Waals surface area contributed by atoms with Crippen LogP contribution in [0.4, 0.5) is 5.00 Å². The molecule has 0 atom stereocenters. The Bertz CT molecular complexity index is 596. The zero-order valence-electron chi connectivity index (χ0n) is 15.3. The minimum atomic E-state index is -0.455. The molecule has 1 aromatic heterocycles. The van der Waals surface area contributed by atoms with E-state index in [0.29, 0.717) is 4.88 Å². The van der Waals surface area contributed by atoms with E-state index in [1.807, 2.05) is 45.6 Å². The van der Waals surface area contributed by atoms with E-state index >= 15 is 0 Å². The molecule has 0 aromatic carbocycles. The number of anilines is 1. The number of likely N-dealkylation sites (tertiary alicyclic amines) is 1. The molecule has 1 aliphatic rings. The summed E-state index contributed by atoms with van der Waals surface area (Å²) in [6.45, 7) is 11.7. The van der Waals surface area contributed by atoms with Gasteiger partial charge in [-0.05, 0) is 38.3 Å². The first-order chi connectivity index (χ1) is 11.2. The fraction of sp³-hybridized carbons (Fsp3) is 0.667. The van der Waals surface area contributed by atoms with E-state index in [1.54, 1.807) is 0 Å². The summed E-state index contributed by atoms with van der Waals surface area (Å²) in [5.74, 6) is 0.0176. The second kappa shape index (κ2) is 7.66. The summed E-state index contributed by atoms with van der Waals surface area (Å²) in [4.78, 5) is 27.5. The molecule has 0 radical (unpaired) electrons. The molecule has 5 nitrogen and oxygen atoms in total. The molecule has 134 valence electrons. The lowest BCUT2D eigenvalue weighted by molar-refractivity contribution is -0.123. The first-order valence-corrected chi connectivity index (χ1v) is 9.36. The quantitative estimate of drug-likeness (QED) is 0.899. The van der Waals surface area contributed by atoms with Crippen LogP contribution in [-0.4, -0.2) is 42.5 Å². The molecule has 24 heavy (non-hydrogen) atoms. The van der Waals surface area contributed by atoms with Crippen LogP contribution in [0.5, 0.6) is 0 Å². The number of aryl methyl sites for hydroxylation is 1. The number of amides is 2. The van der Waals surface area contributed by atoms with Crippen LogP contribution >= 0.6 is 11.3 Å². The molecule has 1 N–H and O–H groups in total. The summed E-state index contributed by atoms with van der Waals surface area (Å²) < 4.78 is 5.64. The van der Waals surface area contributed by atoms with Gasteiger partial charge in [0.05, 0.1) is 16.0 Å². The van der Waals surface area contributed by atoms with Gasteiger partial charge in [-0.1, -0.05) is 20.8 Å². The van der Waals surface area contributed by atoms with E-state index < -0.39 is 5.41 Å². The predicted molar refractivity (Wildman–Crippen MR) is 97.7 cm³/mol. The molecule has 2 heterocycles. The van der Waals surface area contributed by atoms with Gasteiger partial charge in [-0.15, -0.1) is 11.3 Å². The van der Waals surface area contributed by atoms with Crippen LogP contribution in [0.25, 0.3) is 0 Å². The van der Waals surface area contributed by atoms with Crippen LogP contribution < -0.4 is 5.32 Å². The molecule has 0 bridgehead atoms. The maximum Gasteiger partial charge on any atom is 0.264 e. The molecule has 0 spiro atoms. The van der Waals surface area contributed by atoms with Gasteiger partial charge in [-0.25, -0.2) is 0 Å². The van der Waals surface area contributed by atoms with Gasteiger partial charge in [0.2, 0.25) is 5.91 Å². The number of hydrogen-bond acceptors (Lipinski definition) is 4. The average molecular weight is 353 g/mol. The Morgan fingerprint density at radius 2 is 1.96 bits per heavy atom. The van der Waals surface area contributed by atoms with Gasteiger partial charge in [0.15, 0.2) is 0 Å². The highest BCUT2D eigenvalue weighted by Gasteiger charge is 2.27. The van der Waals surface area contributed by atoms with Gasteiger partial charge in [0.1, 0.15) is 0 Å². The molecular weight excluding hydrogens is 324 g/mol. The fourth-order valence-corrected chi connectivity index (χ4v) is 3.70. The third-order valence-electron chi connectivity index (χ3n) is 4.16. The highest BCUT2D eigenvalue weighted by molar-refractivity contribution is 7.18. The average Bonchev–Trinajstić information content (AvgIpc) is 2.87. The van der Waals surface area contributed by atoms with Gasteiger partial charge < -0.3 is 15.0 Å². The standard InChI is InChI=1S/C18H28N2O3S/c1-6-23-13-7-9-20(10-8-13)16(21)15-12(2)11-14(24-15)19-17(22)18(3,4)5/h11,13H,6-10H2,1-5H3,(H,19,22). The number of nitrogens with zero attached hydrogens (tertiary/aromatic N) is 1. The highest BCUT2D eigenvalue weighted by atomic mass is 32.1. The Kier molecular flexibility index (Phi) is 6.04. The lowest BCUT2D eigenvalue weighted by Crippen LogP contribution is -2.40. The minimum Gasteiger partial charge on any atom is -0.378 e. The summed E-state index contributed by atoms with van der Waals surface area (Å²) >= 11 is 1.36. The van der Waals surface area contributed by atoms with Gasteiger partial charge in [0.25, 0.3) is 5.91 Å². The number of hydrogen-bond donors (Lipinski definition) is 1. The number of rotatable bonds is 4. The maximum absolute atomic E-state index is 12.8. The van der Waals surface area contributed by atoms with Crippen molar-refractivity contribution < 1.29 is 14.3 Å². The molecule has 0 unspecified atom stereocenters. The van der Waals surface area contributed by atoms with E-state index in [9.17, 15) is 9.59 Å². The van der Waals surface area contributed by atoms with Crippen LogP contribution in [0.15, 0.2) is 6.07 Å². The summed E-state index contributed by atoms with van der Waals surface area (Å²) in [6.07, 6.45) is 2.04. The molecule has 0 saturated carbocycles. The predicted octanol–water partition coefficient (Wildman–Crippen LogP) is 3.68. The largest absolute Gasteiger partial charge is 0.378 e. The van der Waals surface area contributed by atoms with Crippen molar-refractivity contribution in [2.75, 3.05) is 25.0 Å². The lowest BCUT2D eigenvalue weighted by Gasteiger charge is -2.31. The molecule has 2 amide bonds. The molecular formula is C18H28N2O3S. The normalized spacial score (nSPS) is 16.3. The molecule has 1 aliphatic heterocycles. The number of carbonyl (C=O) groups excluding carboxylic acids is 2. The first kappa shape index (κ1) is 18.9. The number of ether oxygens (including phenoxy) is 1. The third-order valence-corrected chi connectivity index (χ3v) is 5.30. The van der Waals surface area contributed by atoms with Gasteiger partial charge in [-0.2, -0.15) is 0 Å². The van der Waals surface area contributed by atoms with Gasteiger partial charge in [0, 0.05) is 25.1 Å². The van der Waals surface area contributed by atoms with Crippen molar-refractivity contribution in [1.29, 1.82) is 0 Å². The van der Waals surface area contributed by atoms with Gasteiger partial charge >= 0.3 is 0 Å². The van der Waals surface area contributed by atoms with Crippen molar-refractivity contribution in [3.63, 3.8) is 0 Å². The van der Waals surface area contributed by atoms with Crippen molar-refractivity contribution in [2.45, 2.75) is 53.6 Å². The summed E-state index contributed by atoms with van der Waals surface area (Å²) in [6, 6.07) is 1.88. The van der Waals surface area contributed by atoms with Crippen LogP contribution in [-0.2, 0) is 9.53 Å². The molecule has 0 aliphatic carbocycles. The van der Waals surface area contributed by atoms with Crippen LogP contribution in [0, 0.1) is 12.3 Å². The zero-order valence-corrected chi connectivity index (χ0v) is 16.1. The first-order valence-electron chi connectivity index (χ1n) is 8.55. The smallest absolute Gasteiger partial charge is 0.264 e. The second-order valence-electron chi connectivity index (χ2n) is 7.27. The van der Waals surface area contributed by atoms with Gasteiger partial charge in [-0.3, -0.25) is 9.59 Å². The zero-order chi connectivity index (χ0) is 17.9. The number of piperidine rings is 1. The fourth-order valence-electron chi connectivity index (χ4n) is 2.66. The Balaban J connectivity index is 2.02. The van der Waals surface area contributed by atoms with Crippen molar-refractivity contribution in [2.24, 2.45) is 5.41 Å². The number of carbonyl (C=O) groups is 2. The van der Waals surface area contributed by atoms with Crippen molar-refractivity contribution in [1.82, 2.24) is 4.90 Å². The summed E-state index contributed by atoms with van der Waals surface area (Å²) in [5, 5.41) is 3.65. The molecule has 1 aromatic rings. The number of thiophene rings is 1. The number of nitrogens with one attached hydrogen (secondary N) is 1. The van der Waals surface area contributed by atoms with E-state index in [4.69, 9.17) is 4.74 Å². The third kappa shape index (κ3) is 4.57. The van der Waals surface area contributed by atoms with Crippen molar-refractivity contribution in [3.8, 4) is 0 Å². The highest BCUT2D eigenvalue weighted by Crippen LogP contribution is 2.30. The van der Waals surface area contributed by atoms with Crippen LogP contribution in [0.2, 0.25) is 0 Å². The SMILES string of the molecule is CCOC1CCN(C(=O)c2sc(NC(=O)C(C)(C)C)cc2C)CC1. The molecule has 1 saturated heterocycles. The van der Waals surface area contributed by atoms with E-state index in [-0.39, 0.29) is 17.9 Å². The monoisotopic (exact) mass is 352 g/mol. The Morgan fingerprint density at radius 1 is 1.33 bits per heavy atom. The minimum absolute atomic E-state index is 0.0414. The van der Waals surface area contributed by atoms with E-state index in [1.165, 1.54) is 11.3 Å².